The number of hydrogen-bond acceptors (Lipinski definition) is 4. The van der Waals surface area contributed by atoms with Crippen molar-refractivity contribution in [3.63, 3.8) is 0 Å². The summed E-state index contributed by atoms with van der Waals surface area (Å²) in [7, 11) is 1.56. The van der Waals surface area contributed by atoms with E-state index in [0.717, 1.165) is 24.3 Å². The average Bonchev–Trinajstić information content (AvgIpc) is 2.73. The summed E-state index contributed by atoms with van der Waals surface area (Å²) in [5, 5.41) is 1.17. The SMILES string of the molecule is CCOc1c(Cl)cc(/C=C/C(=O)N2CCN(c3cccc(Cl)c3)CC2)cc1OC. The second-order valence-corrected chi connectivity index (χ2v) is 7.44. The predicted molar refractivity (Wildman–Crippen MR) is 118 cm³/mol. The van der Waals surface area contributed by atoms with E-state index < -0.39 is 0 Å². The Hall–Kier alpha value is -2.37. The van der Waals surface area contributed by atoms with Crippen LogP contribution in [-0.4, -0.2) is 50.7 Å². The van der Waals surface area contributed by atoms with Gasteiger partial charge in [0.25, 0.3) is 0 Å². The van der Waals surface area contributed by atoms with Crippen molar-refractivity contribution in [1.82, 2.24) is 4.90 Å². The van der Waals surface area contributed by atoms with Crippen LogP contribution in [0.2, 0.25) is 10.0 Å². The van der Waals surface area contributed by atoms with Gasteiger partial charge in [-0.05, 0) is 48.9 Å². The van der Waals surface area contributed by atoms with Crippen molar-refractivity contribution in [3.05, 3.63) is 58.1 Å². The van der Waals surface area contributed by atoms with E-state index in [4.69, 9.17) is 32.7 Å². The first-order chi connectivity index (χ1) is 14.0. The Bertz CT molecular complexity index is 894. The fourth-order valence-corrected chi connectivity index (χ4v) is 3.71. The molecule has 2 aromatic carbocycles. The van der Waals surface area contributed by atoms with Crippen LogP contribution >= 0.6 is 23.2 Å². The van der Waals surface area contributed by atoms with Gasteiger partial charge in [-0.2, -0.15) is 0 Å². The molecule has 0 aromatic heterocycles. The average molecular weight is 435 g/mol. The van der Waals surface area contributed by atoms with Gasteiger partial charge in [-0.1, -0.05) is 29.3 Å². The second kappa shape index (κ2) is 9.90. The molecule has 0 atom stereocenters. The molecule has 0 spiro atoms. The molecule has 7 heteroatoms. The molecule has 1 saturated heterocycles. The number of carbonyl (C=O) groups is 1. The topological polar surface area (TPSA) is 42.0 Å². The van der Waals surface area contributed by atoms with Crippen LogP contribution in [0.5, 0.6) is 11.5 Å². The van der Waals surface area contributed by atoms with E-state index >= 15 is 0 Å². The highest BCUT2D eigenvalue weighted by Crippen LogP contribution is 2.36. The van der Waals surface area contributed by atoms with Gasteiger partial charge in [0.2, 0.25) is 5.91 Å². The Labute approximate surface area is 181 Å². The molecule has 154 valence electrons. The van der Waals surface area contributed by atoms with Gasteiger partial charge in [0.15, 0.2) is 11.5 Å². The van der Waals surface area contributed by atoms with Crippen molar-refractivity contribution in [2.24, 2.45) is 0 Å². The number of piperazine rings is 1. The third-order valence-corrected chi connectivity index (χ3v) is 5.24. The lowest BCUT2D eigenvalue weighted by Crippen LogP contribution is -2.48. The fourth-order valence-electron chi connectivity index (χ4n) is 3.25. The van der Waals surface area contributed by atoms with Crippen molar-refractivity contribution in [3.8, 4) is 11.5 Å². The van der Waals surface area contributed by atoms with Crippen LogP contribution in [0.1, 0.15) is 12.5 Å². The van der Waals surface area contributed by atoms with E-state index in [1.807, 2.05) is 36.1 Å². The molecule has 5 nitrogen and oxygen atoms in total. The van der Waals surface area contributed by atoms with E-state index in [0.29, 0.717) is 41.2 Å². The molecule has 3 rings (SSSR count). The molecule has 0 saturated carbocycles. The van der Waals surface area contributed by atoms with Gasteiger partial charge in [-0.3, -0.25) is 4.79 Å². The Morgan fingerprint density at radius 1 is 1.14 bits per heavy atom. The molecular formula is C22H24Cl2N2O3. The maximum Gasteiger partial charge on any atom is 0.246 e. The lowest BCUT2D eigenvalue weighted by Gasteiger charge is -2.35. The first-order valence-corrected chi connectivity index (χ1v) is 10.2. The van der Waals surface area contributed by atoms with Crippen molar-refractivity contribution >= 4 is 40.9 Å². The molecule has 0 bridgehead atoms. The highest BCUT2D eigenvalue weighted by atomic mass is 35.5. The molecule has 0 N–H and O–H groups in total. The van der Waals surface area contributed by atoms with Gasteiger partial charge in [-0.25, -0.2) is 0 Å². The first kappa shape index (κ1) is 21.3. The molecule has 1 amide bonds. The summed E-state index contributed by atoms with van der Waals surface area (Å²) in [6, 6.07) is 11.3. The van der Waals surface area contributed by atoms with Crippen LogP contribution in [0.4, 0.5) is 5.69 Å². The van der Waals surface area contributed by atoms with Gasteiger partial charge < -0.3 is 19.3 Å². The summed E-state index contributed by atoms with van der Waals surface area (Å²) < 4.78 is 10.9. The third-order valence-electron chi connectivity index (χ3n) is 4.72. The van der Waals surface area contributed by atoms with Crippen LogP contribution in [0.3, 0.4) is 0 Å². The van der Waals surface area contributed by atoms with E-state index in [2.05, 4.69) is 4.90 Å². The number of anilines is 1. The third kappa shape index (κ3) is 5.37. The molecule has 1 fully saturated rings. The highest BCUT2D eigenvalue weighted by molar-refractivity contribution is 6.32. The van der Waals surface area contributed by atoms with E-state index in [9.17, 15) is 4.79 Å². The summed E-state index contributed by atoms with van der Waals surface area (Å²) in [5.41, 5.74) is 1.86. The monoisotopic (exact) mass is 434 g/mol. The maximum absolute atomic E-state index is 12.6. The lowest BCUT2D eigenvalue weighted by molar-refractivity contribution is -0.126. The van der Waals surface area contributed by atoms with Crippen molar-refractivity contribution in [2.45, 2.75) is 6.92 Å². The van der Waals surface area contributed by atoms with E-state index in [-0.39, 0.29) is 5.91 Å². The summed E-state index contributed by atoms with van der Waals surface area (Å²) in [6.07, 6.45) is 3.32. The van der Waals surface area contributed by atoms with Crippen molar-refractivity contribution in [1.29, 1.82) is 0 Å². The quantitative estimate of drug-likeness (QED) is 0.614. The molecule has 1 aliphatic rings. The Morgan fingerprint density at radius 3 is 2.55 bits per heavy atom. The minimum atomic E-state index is -0.0280. The molecule has 0 radical (unpaired) electrons. The molecule has 2 aromatic rings. The number of amides is 1. The zero-order valence-corrected chi connectivity index (χ0v) is 18.0. The number of carbonyl (C=O) groups excluding carboxylic acids is 1. The standard InChI is InChI=1S/C22H24Cl2N2O3/c1-3-29-22-19(24)13-16(14-20(22)28-2)7-8-21(27)26-11-9-25(10-12-26)18-6-4-5-17(23)15-18/h4-8,13-15H,3,9-12H2,1-2H3/b8-7+. The minimum absolute atomic E-state index is 0.0280. The first-order valence-electron chi connectivity index (χ1n) is 9.49. The summed E-state index contributed by atoms with van der Waals surface area (Å²) in [4.78, 5) is 16.7. The zero-order valence-electron chi connectivity index (χ0n) is 16.5. The number of nitrogens with zero attached hydrogens (tertiary/aromatic N) is 2. The van der Waals surface area contributed by atoms with Crippen molar-refractivity contribution < 1.29 is 14.3 Å². The molecular weight excluding hydrogens is 411 g/mol. The Kier molecular flexibility index (Phi) is 7.29. The van der Waals surface area contributed by atoms with E-state index in [1.165, 1.54) is 0 Å². The summed E-state index contributed by atoms with van der Waals surface area (Å²) >= 11 is 12.4. The predicted octanol–water partition coefficient (Wildman–Crippen LogP) is 4.76. The van der Waals surface area contributed by atoms with Crippen LogP contribution in [0, 0.1) is 0 Å². The molecule has 29 heavy (non-hydrogen) atoms. The maximum atomic E-state index is 12.6. The van der Waals surface area contributed by atoms with Crippen LogP contribution < -0.4 is 14.4 Å². The van der Waals surface area contributed by atoms with Crippen molar-refractivity contribution in [2.75, 3.05) is 44.8 Å². The molecule has 0 unspecified atom stereocenters. The summed E-state index contributed by atoms with van der Waals surface area (Å²) in [6.45, 7) is 5.22. The Morgan fingerprint density at radius 2 is 1.90 bits per heavy atom. The number of rotatable bonds is 6. The highest BCUT2D eigenvalue weighted by Gasteiger charge is 2.20. The zero-order chi connectivity index (χ0) is 20.8. The normalized spacial score (nSPS) is 14.3. The van der Waals surface area contributed by atoms with Gasteiger partial charge in [0, 0.05) is 43.0 Å². The van der Waals surface area contributed by atoms with Gasteiger partial charge in [0.05, 0.1) is 18.7 Å². The van der Waals surface area contributed by atoms with Gasteiger partial charge >= 0.3 is 0 Å². The number of methoxy groups -OCH3 is 1. The Balaban J connectivity index is 1.62. The number of halogens is 2. The molecule has 1 heterocycles. The smallest absolute Gasteiger partial charge is 0.246 e. The number of ether oxygens (including phenoxy) is 2. The largest absolute Gasteiger partial charge is 0.493 e. The lowest BCUT2D eigenvalue weighted by atomic mass is 10.1. The molecule has 1 aliphatic heterocycles. The van der Waals surface area contributed by atoms with Crippen LogP contribution in [0.15, 0.2) is 42.5 Å². The van der Waals surface area contributed by atoms with Crippen LogP contribution in [-0.2, 0) is 4.79 Å². The molecule has 0 aliphatic carbocycles. The fraction of sp³-hybridized carbons (Fsp3) is 0.318. The number of benzene rings is 2. The van der Waals surface area contributed by atoms with Gasteiger partial charge in [-0.15, -0.1) is 0 Å². The minimum Gasteiger partial charge on any atom is -0.493 e. The van der Waals surface area contributed by atoms with E-state index in [1.54, 1.807) is 31.4 Å². The second-order valence-electron chi connectivity index (χ2n) is 6.59. The van der Waals surface area contributed by atoms with Crippen LogP contribution in [0.25, 0.3) is 6.08 Å². The van der Waals surface area contributed by atoms with Gasteiger partial charge in [0.1, 0.15) is 0 Å². The number of hydrogen-bond donors (Lipinski definition) is 0. The summed E-state index contributed by atoms with van der Waals surface area (Å²) in [5.74, 6) is 1.03.